The van der Waals surface area contributed by atoms with Crippen molar-refractivity contribution in [3.05, 3.63) is 59.3 Å². The maximum absolute atomic E-state index is 13.3. The second kappa shape index (κ2) is 12.1. The Morgan fingerprint density at radius 3 is 2.32 bits per heavy atom. The van der Waals surface area contributed by atoms with Gasteiger partial charge in [0.15, 0.2) is 0 Å². The maximum atomic E-state index is 13.3. The number of carbonyl (C=O) groups is 2. The second-order valence-electron chi connectivity index (χ2n) is 10.5. The van der Waals surface area contributed by atoms with E-state index in [1.165, 1.54) is 0 Å². The van der Waals surface area contributed by atoms with E-state index in [4.69, 9.17) is 5.73 Å². The highest BCUT2D eigenvalue weighted by Crippen LogP contribution is 2.34. The van der Waals surface area contributed by atoms with Crippen LogP contribution in [0, 0.1) is 18.8 Å². The molecule has 2 aliphatic heterocycles. The number of nitrogens with two attached hydrogens (primary N) is 1. The Hall–Kier alpha value is -3.14. The molecule has 2 saturated heterocycles. The minimum absolute atomic E-state index is 0.00993. The number of aromatic nitrogens is 1. The first kappa shape index (κ1) is 27.9. The lowest BCUT2D eigenvalue weighted by atomic mass is 9.79. The summed E-state index contributed by atoms with van der Waals surface area (Å²) in [4.78, 5) is 33.0. The van der Waals surface area contributed by atoms with Crippen LogP contribution in [-0.4, -0.2) is 65.5 Å². The van der Waals surface area contributed by atoms with E-state index in [2.05, 4.69) is 15.2 Å². The van der Waals surface area contributed by atoms with Gasteiger partial charge in [-0.05, 0) is 74.9 Å². The van der Waals surface area contributed by atoms with Crippen molar-refractivity contribution in [2.75, 3.05) is 38.5 Å². The summed E-state index contributed by atoms with van der Waals surface area (Å²) in [6.07, 6.45) is -0.223. The molecular weight excluding hydrogens is 495 g/mol. The molecule has 1 aromatic heterocycles. The van der Waals surface area contributed by atoms with Crippen LogP contribution in [0.15, 0.2) is 42.6 Å². The molecule has 3 N–H and O–H groups in total. The molecule has 3 heterocycles. The highest BCUT2D eigenvalue weighted by molar-refractivity contribution is 5.81. The minimum Gasteiger partial charge on any atom is -0.384 e. The Morgan fingerprint density at radius 1 is 1.05 bits per heavy atom. The number of hydrogen-bond donors (Lipinski definition) is 2. The summed E-state index contributed by atoms with van der Waals surface area (Å²) in [5.41, 5.74) is 8.86. The van der Waals surface area contributed by atoms with E-state index in [-0.39, 0.29) is 30.2 Å². The van der Waals surface area contributed by atoms with Crippen LogP contribution >= 0.6 is 0 Å². The second-order valence-corrected chi connectivity index (χ2v) is 10.5. The van der Waals surface area contributed by atoms with Gasteiger partial charge >= 0.3 is 12.1 Å². The van der Waals surface area contributed by atoms with Gasteiger partial charge in [-0.2, -0.15) is 13.2 Å². The first-order valence-electron chi connectivity index (χ1n) is 13.2. The van der Waals surface area contributed by atoms with Gasteiger partial charge in [0.2, 0.25) is 5.91 Å². The largest absolute Gasteiger partial charge is 0.471 e. The summed E-state index contributed by atoms with van der Waals surface area (Å²) < 4.78 is 38.4. The average molecular weight is 532 g/mol. The van der Waals surface area contributed by atoms with Crippen LogP contribution in [0.1, 0.15) is 48.3 Å². The van der Waals surface area contributed by atoms with Crippen molar-refractivity contribution in [2.24, 2.45) is 11.8 Å². The van der Waals surface area contributed by atoms with Crippen molar-refractivity contribution in [2.45, 2.75) is 51.2 Å². The number of halogens is 3. The number of carbonyl (C=O) groups excluding carboxylic acids is 2. The topological polar surface area (TPSA) is 91.6 Å². The van der Waals surface area contributed by atoms with Gasteiger partial charge in [0, 0.05) is 44.2 Å². The van der Waals surface area contributed by atoms with E-state index in [0.29, 0.717) is 31.7 Å². The van der Waals surface area contributed by atoms with Crippen molar-refractivity contribution in [3.63, 3.8) is 0 Å². The number of anilines is 1. The van der Waals surface area contributed by atoms with E-state index in [0.717, 1.165) is 49.2 Å². The highest BCUT2D eigenvalue weighted by atomic mass is 19.4. The third-order valence-electron chi connectivity index (χ3n) is 7.85. The number of benzene rings is 1. The van der Waals surface area contributed by atoms with E-state index in [9.17, 15) is 22.8 Å². The van der Waals surface area contributed by atoms with Crippen molar-refractivity contribution in [1.29, 1.82) is 0 Å². The van der Waals surface area contributed by atoms with Gasteiger partial charge in [0.1, 0.15) is 5.82 Å². The third-order valence-corrected chi connectivity index (χ3v) is 7.85. The van der Waals surface area contributed by atoms with E-state index < -0.39 is 12.1 Å². The van der Waals surface area contributed by atoms with Crippen molar-refractivity contribution < 1.29 is 22.8 Å². The number of alkyl halides is 3. The molecule has 7 nitrogen and oxygen atoms in total. The molecule has 0 aliphatic carbocycles. The summed E-state index contributed by atoms with van der Waals surface area (Å²) in [7, 11) is 0. The van der Waals surface area contributed by atoms with Gasteiger partial charge in [-0.1, -0.05) is 29.8 Å². The van der Waals surface area contributed by atoms with Gasteiger partial charge < -0.3 is 16.0 Å². The number of pyridine rings is 1. The molecule has 1 atom stereocenters. The molecule has 0 spiro atoms. The van der Waals surface area contributed by atoms with Gasteiger partial charge in [-0.25, -0.2) is 4.98 Å². The fourth-order valence-corrected chi connectivity index (χ4v) is 5.64. The smallest absolute Gasteiger partial charge is 0.384 e. The van der Waals surface area contributed by atoms with Crippen molar-refractivity contribution in [3.8, 4) is 0 Å². The number of nitrogens with one attached hydrogen (secondary N) is 1. The minimum atomic E-state index is -4.91. The monoisotopic (exact) mass is 531 g/mol. The Kier molecular flexibility index (Phi) is 8.91. The third kappa shape index (κ3) is 7.24. The summed E-state index contributed by atoms with van der Waals surface area (Å²) >= 11 is 0. The number of rotatable bonds is 7. The number of nitrogens with zero attached hydrogens (tertiary/aromatic N) is 3. The van der Waals surface area contributed by atoms with Crippen LogP contribution in [-0.2, 0) is 16.1 Å². The molecule has 0 radical (unpaired) electrons. The highest BCUT2D eigenvalue weighted by Gasteiger charge is 2.40. The Morgan fingerprint density at radius 2 is 1.71 bits per heavy atom. The van der Waals surface area contributed by atoms with Crippen molar-refractivity contribution in [1.82, 2.24) is 20.1 Å². The summed E-state index contributed by atoms with van der Waals surface area (Å²) in [5.74, 6) is -1.42. The molecule has 10 heteroatoms. The van der Waals surface area contributed by atoms with Crippen LogP contribution in [0.3, 0.4) is 0 Å². The van der Waals surface area contributed by atoms with Crippen LogP contribution in [0.2, 0.25) is 0 Å². The number of amides is 2. The summed E-state index contributed by atoms with van der Waals surface area (Å²) in [6.45, 7) is 5.48. The zero-order valence-corrected chi connectivity index (χ0v) is 21.7. The molecule has 2 aliphatic rings. The predicted molar refractivity (Wildman–Crippen MR) is 139 cm³/mol. The molecule has 4 rings (SSSR count). The van der Waals surface area contributed by atoms with E-state index in [1.54, 1.807) is 6.20 Å². The quantitative estimate of drug-likeness (QED) is 0.566. The van der Waals surface area contributed by atoms with Gasteiger partial charge in [0.25, 0.3) is 0 Å². The number of piperidine rings is 2. The zero-order chi connectivity index (χ0) is 27.3. The number of hydrogen-bond acceptors (Lipinski definition) is 5. The Bertz CT molecular complexity index is 1090. The molecule has 2 fully saturated rings. The molecular formula is C28H36F3N5O2. The summed E-state index contributed by atoms with van der Waals surface area (Å²) in [6, 6.07) is 11.5. The fraction of sp³-hybridized carbons (Fsp3) is 0.536. The van der Waals surface area contributed by atoms with Gasteiger partial charge in [0.05, 0.1) is 0 Å². The molecule has 1 aromatic carbocycles. The SMILES string of the molecule is Cc1ccc(C(CNC(=O)C(F)(F)F)C2CCN(C(=O)C3CCN(Cc4ccnc(N)c4)CC3)CC2)cc1. The standard InChI is InChI=1S/C28H36F3N5O2/c1-19-2-4-21(5-3-19)24(17-34-27(38)28(29,30)31)22-9-14-36(15-10-22)26(37)23-7-12-35(13-8-23)18-20-6-11-33-25(32)16-20/h2-6,11,16,22-24H,7-10,12-15,17-18H2,1H3,(H2,32,33)(H,34,38). The lowest BCUT2D eigenvalue weighted by Crippen LogP contribution is -2.47. The van der Waals surface area contributed by atoms with Crippen molar-refractivity contribution >= 4 is 17.6 Å². The summed E-state index contributed by atoms with van der Waals surface area (Å²) in [5, 5.41) is 2.08. The van der Waals surface area contributed by atoms with Crippen LogP contribution < -0.4 is 11.1 Å². The van der Waals surface area contributed by atoms with E-state index in [1.807, 2.05) is 48.2 Å². The van der Waals surface area contributed by atoms with Crippen LogP contribution in [0.4, 0.5) is 19.0 Å². The number of nitrogen functional groups attached to an aromatic ring is 1. The lowest BCUT2D eigenvalue weighted by molar-refractivity contribution is -0.173. The number of likely N-dealkylation sites (tertiary alicyclic amines) is 2. The zero-order valence-electron chi connectivity index (χ0n) is 21.7. The van der Waals surface area contributed by atoms with Gasteiger partial charge in [-0.3, -0.25) is 14.5 Å². The Labute approximate surface area is 221 Å². The first-order chi connectivity index (χ1) is 18.1. The number of aryl methyl sites for hydroxylation is 1. The predicted octanol–water partition coefficient (Wildman–Crippen LogP) is 3.89. The molecule has 2 aromatic rings. The first-order valence-corrected chi connectivity index (χ1v) is 13.2. The maximum Gasteiger partial charge on any atom is 0.471 e. The Balaban J connectivity index is 1.30. The van der Waals surface area contributed by atoms with E-state index >= 15 is 0 Å². The van der Waals surface area contributed by atoms with Crippen LogP contribution in [0.5, 0.6) is 0 Å². The molecule has 206 valence electrons. The molecule has 2 amide bonds. The van der Waals surface area contributed by atoms with Gasteiger partial charge in [-0.15, -0.1) is 0 Å². The molecule has 38 heavy (non-hydrogen) atoms. The average Bonchev–Trinajstić information content (AvgIpc) is 2.89. The normalized spacial score (nSPS) is 18.8. The molecule has 1 unspecified atom stereocenters. The molecule has 0 bridgehead atoms. The lowest BCUT2D eigenvalue weighted by Gasteiger charge is -2.39. The van der Waals surface area contributed by atoms with Crippen LogP contribution in [0.25, 0.3) is 0 Å². The molecule has 0 saturated carbocycles. The fourth-order valence-electron chi connectivity index (χ4n) is 5.64.